The predicted molar refractivity (Wildman–Crippen MR) is 59.1 cm³/mol. The molecule has 0 aromatic carbocycles. The molecule has 0 spiro atoms. The van der Waals surface area contributed by atoms with Crippen molar-refractivity contribution in [3.63, 3.8) is 0 Å². The van der Waals surface area contributed by atoms with Gasteiger partial charge in [-0.1, -0.05) is 6.92 Å². The second-order valence-electron chi connectivity index (χ2n) is 4.18. The van der Waals surface area contributed by atoms with Crippen LogP contribution in [0.4, 0.5) is 11.5 Å². The van der Waals surface area contributed by atoms with Crippen molar-refractivity contribution < 1.29 is 0 Å². The van der Waals surface area contributed by atoms with Crippen LogP contribution in [0, 0.1) is 5.41 Å². The minimum absolute atomic E-state index is 0.559. The maximum absolute atomic E-state index is 5.56. The van der Waals surface area contributed by atoms with Crippen molar-refractivity contribution >= 4 is 11.5 Å². The van der Waals surface area contributed by atoms with Crippen LogP contribution in [0.3, 0.4) is 0 Å². The summed E-state index contributed by atoms with van der Waals surface area (Å²) in [6.45, 7) is 3.30. The second kappa shape index (κ2) is 3.48. The number of aromatic nitrogens is 1. The molecule has 1 aromatic heterocycles. The van der Waals surface area contributed by atoms with Gasteiger partial charge < -0.3 is 11.1 Å². The highest BCUT2D eigenvalue weighted by molar-refractivity contribution is 5.43. The van der Waals surface area contributed by atoms with E-state index in [1.54, 1.807) is 6.20 Å². The summed E-state index contributed by atoms with van der Waals surface area (Å²) in [6, 6.07) is 3.81. The maximum atomic E-state index is 5.56. The highest BCUT2D eigenvalue weighted by atomic mass is 15.0. The van der Waals surface area contributed by atoms with Crippen LogP contribution >= 0.6 is 0 Å². The number of hydrogen-bond donors (Lipinski definition) is 2. The monoisotopic (exact) mass is 191 g/mol. The second-order valence-corrected chi connectivity index (χ2v) is 4.18. The molecule has 0 radical (unpaired) electrons. The number of pyridine rings is 1. The van der Waals surface area contributed by atoms with Gasteiger partial charge in [-0.3, -0.25) is 0 Å². The Labute approximate surface area is 84.7 Å². The molecule has 14 heavy (non-hydrogen) atoms. The molecule has 0 atom stereocenters. The Morgan fingerprint density at radius 3 is 2.79 bits per heavy atom. The number of nitrogens with one attached hydrogen (secondary N) is 1. The molecule has 1 aliphatic rings. The first-order chi connectivity index (χ1) is 6.74. The number of nitrogens with two attached hydrogens (primary N) is 1. The zero-order valence-electron chi connectivity index (χ0n) is 8.59. The molecule has 2 rings (SSSR count). The molecule has 3 heteroatoms. The van der Waals surface area contributed by atoms with Gasteiger partial charge in [-0.05, 0) is 36.8 Å². The van der Waals surface area contributed by atoms with Crippen molar-refractivity contribution in [1.82, 2.24) is 4.98 Å². The summed E-state index contributed by atoms with van der Waals surface area (Å²) in [5, 5.41) is 3.36. The number of nitrogens with zero attached hydrogens (tertiary/aromatic N) is 1. The van der Waals surface area contributed by atoms with E-state index >= 15 is 0 Å². The zero-order valence-corrected chi connectivity index (χ0v) is 8.59. The van der Waals surface area contributed by atoms with Gasteiger partial charge in [0.05, 0.1) is 11.9 Å². The first-order valence-electron chi connectivity index (χ1n) is 5.19. The molecule has 1 fully saturated rings. The zero-order chi connectivity index (χ0) is 10.0. The predicted octanol–water partition coefficient (Wildman–Crippen LogP) is 2.27. The van der Waals surface area contributed by atoms with Crippen LogP contribution in [0.1, 0.15) is 26.2 Å². The standard InChI is InChI=1S/C11H17N3/c1-2-11(5-6-11)8-14-10-4-3-9(12)7-13-10/h3-4,7H,2,5-6,8,12H2,1H3,(H,13,14). The molecule has 0 aliphatic heterocycles. The van der Waals surface area contributed by atoms with Crippen LogP contribution in [0.15, 0.2) is 18.3 Å². The lowest BCUT2D eigenvalue weighted by atomic mass is 10.0. The summed E-state index contributed by atoms with van der Waals surface area (Å²) in [7, 11) is 0. The molecule has 76 valence electrons. The topological polar surface area (TPSA) is 50.9 Å². The van der Waals surface area contributed by atoms with E-state index in [9.17, 15) is 0 Å². The molecule has 0 saturated heterocycles. The molecule has 0 bridgehead atoms. The van der Waals surface area contributed by atoms with Gasteiger partial charge in [0, 0.05) is 6.54 Å². The average Bonchev–Trinajstić information content (AvgIpc) is 2.98. The minimum Gasteiger partial charge on any atom is -0.397 e. The smallest absolute Gasteiger partial charge is 0.126 e. The number of nitrogen functional groups attached to an aromatic ring is 1. The number of anilines is 2. The van der Waals surface area contributed by atoms with Gasteiger partial charge in [-0.2, -0.15) is 0 Å². The van der Waals surface area contributed by atoms with Gasteiger partial charge in [0.2, 0.25) is 0 Å². The fourth-order valence-corrected chi connectivity index (χ4v) is 1.62. The van der Waals surface area contributed by atoms with E-state index < -0.39 is 0 Å². The SMILES string of the molecule is CCC1(CNc2ccc(N)cn2)CC1. The Morgan fingerprint density at radius 1 is 1.50 bits per heavy atom. The minimum atomic E-state index is 0.559. The van der Waals surface area contributed by atoms with Crippen LogP contribution < -0.4 is 11.1 Å². The van der Waals surface area contributed by atoms with E-state index in [2.05, 4.69) is 17.2 Å². The first kappa shape index (κ1) is 9.31. The fourth-order valence-electron chi connectivity index (χ4n) is 1.62. The van der Waals surface area contributed by atoms with Gasteiger partial charge in [0.1, 0.15) is 5.82 Å². The van der Waals surface area contributed by atoms with Gasteiger partial charge in [-0.25, -0.2) is 4.98 Å². The van der Waals surface area contributed by atoms with Crippen molar-refractivity contribution in [2.45, 2.75) is 26.2 Å². The Bertz CT molecular complexity index is 301. The van der Waals surface area contributed by atoms with Gasteiger partial charge in [-0.15, -0.1) is 0 Å². The summed E-state index contributed by atoms with van der Waals surface area (Å²) < 4.78 is 0. The van der Waals surface area contributed by atoms with Crippen molar-refractivity contribution in [2.24, 2.45) is 5.41 Å². The van der Waals surface area contributed by atoms with Crippen LogP contribution in [0.2, 0.25) is 0 Å². The van der Waals surface area contributed by atoms with E-state index in [1.807, 2.05) is 12.1 Å². The molecule has 0 amide bonds. The third-order valence-electron chi connectivity index (χ3n) is 3.14. The normalized spacial score (nSPS) is 17.8. The van der Waals surface area contributed by atoms with E-state index in [-0.39, 0.29) is 0 Å². The average molecular weight is 191 g/mol. The Hall–Kier alpha value is -1.25. The van der Waals surface area contributed by atoms with E-state index in [1.165, 1.54) is 19.3 Å². The van der Waals surface area contributed by atoms with Crippen LogP contribution in [0.25, 0.3) is 0 Å². The molecule has 3 N–H and O–H groups in total. The van der Waals surface area contributed by atoms with Crippen LogP contribution in [-0.4, -0.2) is 11.5 Å². The lowest BCUT2D eigenvalue weighted by Crippen LogP contribution is -2.14. The van der Waals surface area contributed by atoms with E-state index in [0.717, 1.165) is 12.4 Å². The molecular formula is C11H17N3. The van der Waals surface area contributed by atoms with Crippen molar-refractivity contribution in [3.8, 4) is 0 Å². The maximum Gasteiger partial charge on any atom is 0.126 e. The van der Waals surface area contributed by atoms with Crippen molar-refractivity contribution in [3.05, 3.63) is 18.3 Å². The highest BCUT2D eigenvalue weighted by Crippen LogP contribution is 2.48. The van der Waals surface area contributed by atoms with E-state index in [0.29, 0.717) is 11.1 Å². The van der Waals surface area contributed by atoms with Crippen LogP contribution in [0.5, 0.6) is 0 Å². The summed E-state index contributed by atoms with van der Waals surface area (Å²) in [4.78, 5) is 4.21. The van der Waals surface area contributed by atoms with Crippen molar-refractivity contribution in [2.75, 3.05) is 17.6 Å². The molecule has 3 nitrogen and oxygen atoms in total. The van der Waals surface area contributed by atoms with Gasteiger partial charge in [0.15, 0.2) is 0 Å². The Kier molecular flexibility index (Phi) is 2.32. The van der Waals surface area contributed by atoms with Gasteiger partial charge >= 0.3 is 0 Å². The summed E-state index contributed by atoms with van der Waals surface area (Å²) >= 11 is 0. The fraction of sp³-hybridized carbons (Fsp3) is 0.545. The summed E-state index contributed by atoms with van der Waals surface area (Å²) in [5.41, 5.74) is 6.83. The van der Waals surface area contributed by atoms with E-state index in [4.69, 9.17) is 5.73 Å². The summed E-state index contributed by atoms with van der Waals surface area (Å²) in [5.74, 6) is 0.930. The Morgan fingerprint density at radius 2 is 2.29 bits per heavy atom. The lowest BCUT2D eigenvalue weighted by molar-refractivity contribution is 0.521. The first-order valence-corrected chi connectivity index (χ1v) is 5.19. The number of rotatable bonds is 4. The highest BCUT2D eigenvalue weighted by Gasteiger charge is 2.40. The number of hydrogen-bond acceptors (Lipinski definition) is 3. The Balaban J connectivity index is 1.89. The molecule has 0 unspecified atom stereocenters. The molecule has 1 saturated carbocycles. The largest absolute Gasteiger partial charge is 0.397 e. The van der Waals surface area contributed by atoms with Crippen molar-refractivity contribution in [1.29, 1.82) is 0 Å². The molecule has 1 aromatic rings. The lowest BCUT2D eigenvalue weighted by Gasteiger charge is -2.13. The van der Waals surface area contributed by atoms with Crippen LogP contribution in [-0.2, 0) is 0 Å². The van der Waals surface area contributed by atoms with Gasteiger partial charge in [0.25, 0.3) is 0 Å². The quantitative estimate of drug-likeness (QED) is 0.767. The third kappa shape index (κ3) is 1.97. The molecule has 1 heterocycles. The molecular weight excluding hydrogens is 174 g/mol. The third-order valence-corrected chi connectivity index (χ3v) is 3.14. The summed E-state index contributed by atoms with van der Waals surface area (Å²) in [6.07, 6.45) is 5.65. The molecule has 1 aliphatic carbocycles.